The normalized spacial score (nSPS) is 20.5. The first-order valence-corrected chi connectivity index (χ1v) is 40.7. The number of likely N-dealkylation sites (tertiary alicyclic amines) is 1. The molecule has 8 heterocycles. The Hall–Kier alpha value is -6.34. The van der Waals surface area contributed by atoms with Gasteiger partial charge >= 0.3 is 14.1 Å². The molecule has 0 amide bonds. The van der Waals surface area contributed by atoms with Gasteiger partial charge < -0.3 is 73.5 Å². The molecule has 8 aromatic rings. The first-order valence-electron chi connectivity index (χ1n) is 39.9. The van der Waals surface area contributed by atoms with E-state index in [-0.39, 0.29) is 38.1 Å². The second-order valence-corrected chi connectivity index (χ2v) is 31.8. The number of quaternary nitrogens is 1. The van der Waals surface area contributed by atoms with Crippen molar-refractivity contribution in [3.8, 4) is 0 Å². The lowest BCUT2D eigenvalue weighted by Crippen LogP contribution is -3.00. The number of anilines is 3. The van der Waals surface area contributed by atoms with E-state index in [1.165, 1.54) is 160 Å². The van der Waals surface area contributed by atoms with Crippen molar-refractivity contribution in [3.63, 3.8) is 0 Å². The van der Waals surface area contributed by atoms with Gasteiger partial charge in [0.25, 0.3) is 0 Å². The van der Waals surface area contributed by atoms with Crippen LogP contribution in [0.1, 0.15) is 147 Å². The Morgan fingerprint density at radius 3 is 1.17 bits per heavy atom. The number of nitrogens with one attached hydrogen (secondary N) is 2. The van der Waals surface area contributed by atoms with Gasteiger partial charge in [-0.15, -0.1) is 0 Å². The van der Waals surface area contributed by atoms with Crippen LogP contribution >= 0.6 is 15.9 Å². The summed E-state index contributed by atoms with van der Waals surface area (Å²) in [5.74, 6) is 2.60. The lowest BCUT2D eigenvalue weighted by atomic mass is 9.79. The minimum atomic E-state index is -0.368. The Labute approximate surface area is 659 Å². The number of hydrogen-bond acceptors (Lipinski definition) is 17. The molecule has 0 spiro atoms. The third kappa shape index (κ3) is 23.1. The molecule has 4 aromatic heterocycles. The summed E-state index contributed by atoms with van der Waals surface area (Å²) in [7, 11) is 4.13. The molecule has 4 N–H and O–H groups in total. The van der Waals surface area contributed by atoms with E-state index in [4.69, 9.17) is 0 Å². The summed E-state index contributed by atoms with van der Waals surface area (Å²) in [6.45, 7) is 12.4. The highest BCUT2D eigenvalue weighted by Gasteiger charge is 2.37. The molecule has 4 aromatic carbocycles. The molecule has 0 saturated carbocycles. The zero-order valence-electron chi connectivity index (χ0n) is 63.5. The third-order valence-electron chi connectivity index (χ3n) is 23.7. The van der Waals surface area contributed by atoms with Crippen LogP contribution in [-0.2, 0) is 51.4 Å². The van der Waals surface area contributed by atoms with Crippen LogP contribution in [0.4, 0.5) is 17.8 Å². The lowest BCUT2D eigenvalue weighted by Gasteiger charge is -2.42. The monoisotopic (exact) mass is 1610 g/mol. The maximum atomic E-state index is 10.1. The van der Waals surface area contributed by atoms with E-state index in [1.54, 1.807) is 18.5 Å². The summed E-state index contributed by atoms with van der Waals surface area (Å²) in [4.78, 5) is 46.8. The Morgan fingerprint density at radius 1 is 0.443 bits per heavy atom. The zero-order chi connectivity index (χ0) is 72.6. The molecular weight excluding hydrogens is 1490 g/mol. The fourth-order valence-electron chi connectivity index (χ4n) is 18.0. The van der Waals surface area contributed by atoms with Crippen LogP contribution < -0.4 is 49.3 Å². The fourth-order valence-corrected chi connectivity index (χ4v) is 18.2. The molecule has 0 bridgehead atoms. The van der Waals surface area contributed by atoms with E-state index in [0.29, 0.717) is 47.0 Å². The van der Waals surface area contributed by atoms with Crippen LogP contribution in [0, 0.1) is 0 Å². The van der Waals surface area contributed by atoms with E-state index >= 15 is 0 Å². The average molecular weight is 1610 g/mol. The summed E-state index contributed by atoms with van der Waals surface area (Å²) >= 11 is 3.09. The van der Waals surface area contributed by atoms with Crippen LogP contribution in [0.25, 0.3) is 0 Å². The van der Waals surface area contributed by atoms with Crippen LogP contribution in [0.2, 0.25) is 13.6 Å². The summed E-state index contributed by atoms with van der Waals surface area (Å²) in [6, 6.07) is 47.1. The predicted octanol–water partition coefficient (Wildman–Crippen LogP) is 9.60. The molecule has 8 aliphatic rings. The first kappa shape index (κ1) is 80.7. The van der Waals surface area contributed by atoms with Gasteiger partial charge in [0.05, 0.1) is 26.7 Å². The smallest absolute Gasteiger partial charge is 0.376 e. The van der Waals surface area contributed by atoms with Gasteiger partial charge in [-0.05, 0) is 253 Å². The summed E-state index contributed by atoms with van der Waals surface area (Å²) in [6.07, 6.45) is 43.4. The molecule has 4 aliphatic heterocycles. The molecule has 4 saturated heterocycles. The van der Waals surface area contributed by atoms with Gasteiger partial charge in [-0.1, -0.05) is 116 Å². The number of aromatic nitrogens is 8. The molecule has 22 heteroatoms. The molecule has 4 unspecified atom stereocenters. The Morgan fingerprint density at radius 2 is 0.802 bits per heavy atom. The highest BCUT2D eigenvalue weighted by molar-refractivity contribution is 9.10. The molecule has 4 atom stereocenters. The van der Waals surface area contributed by atoms with Crippen molar-refractivity contribution < 1.29 is 38.5 Å². The second-order valence-electron chi connectivity index (χ2n) is 31.1. The third-order valence-corrected chi connectivity index (χ3v) is 24.1. The van der Waals surface area contributed by atoms with Crippen molar-refractivity contribution in [3.05, 3.63) is 220 Å². The van der Waals surface area contributed by atoms with Gasteiger partial charge in [0.1, 0.15) is 0 Å². The number of hydrogen-bond donors (Lipinski definition) is 4. The number of halogens is 2. The zero-order valence-corrected chi connectivity index (χ0v) is 67.2. The molecule has 4 fully saturated rings. The van der Waals surface area contributed by atoms with Gasteiger partial charge in [0.15, 0.2) is 4.73 Å². The van der Waals surface area contributed by atoms with Crippen molar-refractivity contribution in [2.75, 3.05) is 81.2 Å². The predicted molar refractivity (Wildman–Crippen MR) is 432 cm³/mol. The molecule has 564 valence electrons. The van der Waals surface area contributed by atoms with Crippen molar-refractivity contribution in [2.45, 2.75) is 216 Å². The summed E-state index contributed by atoms with van der Waals surface area (Å²) in [5.41, 5.74) is 11.9. The van der Waals surface area contributed by atoms with Crippen LogP contribution in [0.5, 0.6) is 0 Å². The van der Waals surface area contributed by atoms with Crippen molar-refractivity contribution >= 4 is 47.9 Å². The van der Waals surface area contributed by atoms with E-state index in [9.17, 15) is 10.0 Å². The molecular formula is C84H116B2BrIN16O2. The highest BCUT2D eigenvalue weighted by atomic mass is 127. The highest BCUT2D eigenvalue weighted by Crippen LogP contribution is 2.34. The van der Waals surface area contributed by atoms with E-state index in [0.717, 1.165) is 119 Å². The molecule has 4 aliphatic carbocycles. The number of piperidine rings is 4. The molecule has 18 nitrogen and oxygen atoms in total. The Balaban J connectivity index is 0.000000137. The van der Waals surface area contributed by atoms with Crippen molar-refractivity contribution in [1.82, 2.24) is 60.1 Å². The van der Waals surface area contributed by atoms with Crippen LogP contribution in [-0.4, -0.2) is 193 Å². The number of rotatable bonds is 21. The van der Waals surface area contributed by atoms with E-state index in [2.05, 4.69) is 202 Å². The van der Waals surface area contributed by atoms with Gasteiger partial charge in [-0.3, -0.25) is 0 Å². The topological polar surface area (TPSA) is 184 Å². The number of fused-ring (bicyclic) bond motifs is 4. The second kappa shape index (κ2) is 41.5. The maximum absolute atomic E-state index is 10.1. The minimum absolute atomic E-state index is 0. The van der Waals surface area contributed by atoms with Crippen LogP contribution in [0.15, 0.2) is 176 Å². The van der Waals surface area contributed by atoms with Gasteiger partial charge in [0, 0.05) is 118 Å². The Bertz CT molecular complexity index is 3740. The SMILES string of the molecule is Brc1ncccn1.CB(O)N1CCCCC1CCN(c1ncccn1)C1Cc2ccccc2C1.CB(O)N1CCCCC1CCNC1Cc2ccccc2C1.C[N+]1(C)CCCCC1CCN(c1ncccn1)C1Cc2ccccc2C1.[I-].c1cnc(N(CCC2CCCCN2)C2Cc3ccccc3C2)nc1. The van der Waals surface area contributed by atoms with E-state index < -0.39 is 0 Å². The largest absolute Gasteiger partial charge is 1.00 e. The lowest BCUT2D eigenvalue weighted by molar-refractivity contribution is -0.920. The first-order chi connectivity index (χ1) is 51.4. The molecule has 0 radical (unpaired) electrons. The van der Waals surface area contributed by atoms with Crippen molar-refractivity contribution in [2.24, 2.45) is 0 Å². The average Bonchev–Trinajstić information content (AvgIpc) is 1.66. The maximum Gasteiger partial charge on any atom is 0.376 e. The molecule has 106 heavy (non-hydrogen) atoms. The van der Waals surface area contributed by atoms with Crippen LogP contribution in [0.3, 0.4) is 0 Å². The van der Waals surface area contributed by atoms with Gasteiger partial charge in [0.2, 0.25) is 17.8 Å². The summed E-state index contributed by atoms with van der Waals surface area (Å²) < 4.78 is 1.80. The molecule has 16 rings (SSSR count). The minimum Gasteiger partial charge on any atom is -1.00 e. The number of benzene rings is 4. The van der Waals surface area contributed by atoms with E-state index in [1.807, 2.05) is 69.0 Å². The van der Waals surface area contributed by atoms with Crippen molar-refractivity contribution in [1.29, 1.82) is 0 Å². The number of nitrogens with zero attached hydrogens (tertiary/aromatic N) is 14. The Kier molecular flexibility index (Phi) is 31.5. The summed E-state index contributed by atoms with van der Waals surface area (Å²) in [5, 5.41) is 27.4. The fraction of sp³-hybridized carbons (Fsp3) is 0.524. The van der Waals surface area contributed by atoms with Gasteiger partial charge in [-0.2, -0.15) is 0 Å². The quantitative estimate of drug-likeness (QED) is 0.0231. The van der Waals surface area contributed by atoms with Gasteiger partial charge in [-0.25, -0.2) is 39.9 Å². The standard InChI is InChI=1S/C22H31N4.C21H29BN4O.C20H26N4.C17H27BN2O.C4H3BrN2.HI/c1-26(2)15-6-5-10-21(26)11-14-25(22-23-12-7-13-24-22)20-16-18-8-3-4-9-19(18)17-20;1-22(27)26-13-5-4-9-19(26)10-14-25(21-23-11-6-12-24-21)20-15-17-7-2-3-8-18(17)16-20;1-2-7-17-15-19(14-16(17)6-1)24(20-22-11-5-12-23-20)13-9-18-8-3-4-10-21-18;1-18(21)20-11-5-4-8-17(20)9-10-19-16-12-14-6-2-3-7-15(14)13-16;5-4-6-2-1-3-7-4;/h3-4,7-9,12-13,20-21H,5-6,10-11,14-17H2,1-2H3;2-3,6-8,11-12,19-20,27H,4-5,9-10,13-16H2,1H3;1-2,5-7,11-12,18-19,21H,3-4,8-10,13-15H2;2-3,6-7,16-17,19,21H,4-5,8-13H2,1H3;1-3H;1H/q+1;;;;;/p-1.